The van der Waals surface area contributed by atoms with Crippen molar-refractivity contribution < 1.29 is 4.39 Å². The van der Waals surface area contributed by atoms with E-state index in [-0.39, 0.29) is 11.5 Å². The maximum atomic E-state index is 13.1. The molecule has 3 heteroatoms. The first-order valence-electron chi connectivity index (χ1n) is 5.03. The van der Waals surface area contributed by atoms with Gasteiger partial charge in [-0.3, -0.25) is 0 Å². The van der Waals surface area contributed by atoms with Crippen LogP contribution in [0.25, 0.3) is 0 Å². The average molecular weight is 194 g/mol. The molecule has 0 bridgehead atoms. The van der Waals surface area contributed by atoms with Gasteiger partial charge in [-0.1, -0.05) is 19.4 Å². The molecule has 14 heavy (non-hydrogen) atoms. The Hall–Kier alpha value is -1.25. The molecule has 0 aromatic heterocycles. The molecule has 1 aliphatic rings. The van der Waals surface area contributed by atoms with Gasteiger partial charge in [-0.05, 0) is 24.5 Å². The van der Waals surface area contributed by atoms with Gasteiger partial charge in [0.25, 0.3) is 0 Å². The number of benzene rings is 1. The first kappa shape index (κ1) is 9.31. The van der Waals surface area contributed by atoms with Gasteiger partial charge in [-0.25, -0.2) is 4.39 Å². The van der Waals surface area contributed by atoms with Crippen molar-refractivity contribution in [3.63, 3.8) is 0 Å². The predicted octanol–water partition coefficient (Wildman–Crippen LogP) is 2.62. The molecule has 1 aromatic carbocycles. The van der Waals surface area contributed by atoms with Crippen LogP contribution in [0.3, 0.4) is 0 Å². The first-order valence-corrected chi connectivity index (χ1v) is 5.03. The quantitative estimate of drug-likeness (QED) is 0.726. The van der Waals surface area contributed by atoms with Gasteiger partial charge in [-0.15, -0.1) is 0 Å². The van der Waals surface area contributed by atoms with E-state index in [0.717, 1.165) is 11.6 Å². The van der Waals surface area contributed by atoms with E-state index in [0.29, 0.717) is 6.04 Å². The van der Waals surface area contributed by atoms with Crippen LogP contribution in [0.1, 0.15) is 19.8 Å². The summed E-state index contributed by atoms with van der Waals surface area (Å²) in [5.41, 5.74) is 6.57. The summed E-state index contributed by atoms with van der Waals surface area (Å²) in [7, 11) is 0. The second-order valence-electron chi connectivity index (χ2n) is 3.86. The standard InChI is InChI=1S/C11H15FN2/c1-2-7-6-10(7)14-9-5-3-4-8(12)11(9)13/h3-5,7,10,14H,2,6,13H2,1H3. The largest absolute Gasteiger partial charge is 0.395 e. The van der Waals surface area contributed by atoms with Gasteiger partial charge in [0, 0.05) is 6.04 Å². The van der Waals surface area contributed by atoms with Crippen molar-refractivity contribution in [3.8, 4) is 0 Å². The Balaban J connectivity index is 2.07. The molecule has 0 heterocycles. The van der Waals surface area contributed by atoms with Crippen LogP contribution < -0.4 is 11.1 Å². The Morgan fingerprint density at radius 2 is 2.36 bits per heavy atom. The number of nitrogens with two attached hydrogens (primary N) is 1. The molecular weight excluding hydrogens is 179 g/mol. The van der Waals surface area contributed by atoms with E-state index in [4.69, 9.17) is 5.73 Å². The van der Waals surface area contributed by atoms with Crippen LogP contribution in [0.5, 0.6) is 0 Å². The summed E-state index contributed by atoms with van der Waals surface area (Å²) in [6.45, 7) is 2.17. The topological polar surface area (TPSA) is 38.0 Å². The van der Waals surface area contributed by atoms with Crippen molar-refractivity contribution in [1.82, 2.24) is 0 Å². The highest BCUT2D eigenvalue weighted by atomic mass is 19.1. The molecule has 0 amide bonds. The molecule has 0 radical (unpaired) electrons. The molecule has 76 valence electrons. The fourth-order valence-electron chi connectivity index (χ4n) is 1.74. The fraction of sp³-hybridized carbons (Fsp3) is 0.455. The molecule has 2 unspecified atom stereocenters. The van der Waals surface area contributed by atoms with Crippen LogP contribution in [0.15, 0.2) is 18.2 Å². The molecule has 2 atom stereocenters. The van der Waals surface area contributed by atoms with Crippen molar-refractivity contribution in [2.45, 2.75) is 25.8 Å². The fourth-order valence-corrected chi connectivity index (χ4v) is 1.74. The summed E-state index contributed by atoms with van der Waals surface area (Å²) in [6, 6.07) is 5.37. The molecule has 3 N–H and O–H groups in total. The summed E-state index contributed by atoms with van der Waals surface area (Å²) in [4.78, 5) is 0. The Bertz CT molecular complexity index is 338. The Kier molecular flexibility index (Phi) is 2.32. The average Bonchev–Trinajstić information content (AvgIpc) is 2.92. The first-order chi connectivity index (χ1) is 6.72. The molecule has 2 nitrogen and oxygen atoms in total. The number of rotatable bonds is 3. The maximum absolute atomic E-state index is 13.1. The molecule has 1 aliphatic carbocycles. The minimum absolute atomic E-state index is 0.231. The zero-order valence-electron chi connectivity index (χ0n) is 8.26. The van der Waals surface area contributed by atoms with Crippen LogP contribution in [0.4, 0.5) is 15.8 Å². The Morgan fingerprint density at radius 3 is 3.00 bits per heavy atom. The van der Waals surface area contributed by atoms with E-state index in [1.165, 1.54) is 18.9 Å². The summed E-state index contributed by atoms with van der Waals surface area (Å²) in [6.07, 6.45) is 2.35. The zero-order valence-corrected chi connectivity index (χ0v) is 8.26. The van der Waals surface area contributed by atoms with Crippen molar-refractivity contribution in [1.29, 1.82) is 0 Å². The van der Waals surface area contributed by atoms with E-state index in [2.05, 4.69) is 12.2 Å². The SMILES string of the molecule is CCC1CC1Nc1cccc(F)c1N. The van der Waals surface area contributed by atoms with Crippen molar-refractivity contribution in [2.24, 2.45) is 5.92 Å². The van der Waals surface area contributed by atoms with Gasteiger partial charge in [0.2, 0.25) is 0 Å². The highest BCUT2D eigenvalue weighted by Gasteiger charge is 2.35. The lowest BCUT2D eigenvalue weighted by atomic mass is 10.2. The smallest absolute Gasteiger partial charge is 0.148 e. The highest BCUT2D eigenvalue weighted by Crippen LogP contribution is 2.37. The lowest BCUT2D eigenvalue weighted by Gasteiger charge is -2.08. The van der Waals surface area contributed by atoms with Crippen LogP contribution >= 0.6 is 0 Å². The zero-order chi connectivity index (χ0) is 10.1. The third-order valence-corrected chi connectivity index (χ3v) is 2.84. The molecule has 1 saturated carbocycles. The summed E-state index contributed by atoms with van der Waals surface area (Å²) in [5, 5.41) is 3.26. The van der Waals surface area contributed by atoms with E-state index >= 15 is 0 Å². The number of nitrogen functional groups attached to an aromatic ring is 1. The lowest BCUT2D eigenvalue weighted by molar-refractivity contribution is 0.632. The number of hydrogen-bond acceptors (Lipinski definition) is 2. The van der Waals surface area contributed by atoms with Gasteiger partial charge in [-0.2, -0.15) is 0 Å². The summed E-state index contributed by atoms with van der Waals surface area (Å²) in [5.74, 6) is 0.390. The minimum atomic E-state index is -0.344. The van der Waals surface area contributed by atoms with Crippen molar-refractivity contribution >= 4 is 11.4 Å². The Morgan fingerprint density at radius 1 is 1.57 bits per heavy atom. The van der Waals surface area contributed by atoms with E-state index in [9.17, 15) is 4.39 Å². The normalized spacial score (nSPS) is 24.7. The van der Waals surface area contributed by atoms with E-state index in [1.807, 2.05) is 6.07 Å². The van der Waals surface area contributed by atoms with Crippen molar-refractivity contribution in [2.75, 3.05) is 11.1 Å². The molecule has 0 spiro atoms. The minimum Gasteiger partial charge on any atom is -0.395 e. The van der Waals surface area contributed by atoms with Crippen LogP contribution in [-0.2, 0) is 0 Å². The van der Waals surface area contributed by atoms with Crippen LogP contribution in [0, 0.1) is 11.7 Å². The van der Waals surface area contributed by atoms with Gasteiger partial charge in [0.05, 0.1) is 11.4 Å². The van der Waals surface area contributed by atoms with Crippen molar-refractivity contribution in [3.05, 3.63) is 24.0 Å². The lowest BCUT2D eigenvalue weighted by Crippen LogP contribution is -2.07. The summed E-state index contributed by atoms with van der Waals surface area (Å²) >= 11 is 0. The summed E-state index contributed by atoms with van der Waals surface area (Å²) < 4.78 is 13.1. The molecule has 0 saturated heterocycles. The third-order valence-electron chi connectivity index (χ3n) is 2.84. The number of hydrogen-bond donors (Lipinski definition) is 2. The molecule has 2 rings (SSSR count). The number of anilines is 2. The molecule has 1 aromatic rings. The second-order valence-corrected chi connectivity index (χ2v) is 3.86. The predicted molar refractivity (Wildman–Crippen MR) is 56.6 cm³/mol. The monoisotopic (exact) mass is 194 g/mol. The highest BCUT2D eigenvalue weighted by molar-refractivity contribution is 5.67. The van der Waals surface area contributed by atoms with Crippen LogP contribution in [0.2, 0.25) is 0 Å². The number of para-hydroxylation sites is 1. The maximum Gasteiger partial charge on any atom is 0.148 e. The molecule has 0 aliphatic heterocycles. The van der Waals surface area contributed by atoms with E-state index < -0.39 is 0 Å². The molecular formula is C11H15FN2. The van der Waals surface area contributed by atoms with E-state index in [1.54, 1.807) is 6.07 Å². The number of halogens is 1. The third kappa shape index (κ3) is 1.67. The Labute approximate surface area is 83.3 Å². The van der Waals surface area contributed by atoms with Gasteiger partial charge in [0.15, 0.2) is 0 Å². The number of nitrogens with one attached hydrogen (secondary N) is 1. The van der Waals surface area contributed by atoms with Gasteiger partial charge in [0.1, 0.15) is 5.82 Å². The molecule has 1 fully saturated rings. The van der Waals surface area contributed by atoms with Gasteiger partial charge < -0.3 is 11.1 Å². The second kappa shape index (κ2) is 3.48. The van der Waals surface area contributed by atoms with Crippen LogP contribution in [-0.4, -0.2) is 6.04 Å². The van der Waals surface area contributed by atoms with Gasteiger partial charge >= 0.3 is 0 Å².